The number of ether oxygens (including phenoxy) is 1. The molecule has 5 rings (SSSR count). The van der Waals surface area contributed by atoms with Crippen molar-refractivity contribution in [3.05, 3.63) is 59.3 Å². The topological polar surface area (TPSA) is 51.1 Å². The van der Waals surface area contributed by atoms with Crippen LogP contribution in [-0.4, -0.2) is 47.7 Å². The van der Waals surface area contributed by atoms with Crippen LogP contribution in [0.25, 0.3) is 16.1 Å². The molecule has 1 saturated heterocycles. The first-order chi connectivity index (χ1) is 13.8. The van der Waals surface area contributed by atoms with Gasteiger partial charge in [0.05, 0.1) is 18.9 Å². The van der Waals surface area contributed by atoms with Gasteiger partial charge < -0.3 is 9.64 Å². The molecular formula is C21H20N4OS2. The summed E-state index contributed by atoms with van der Waals surface area (Å²) in [5.74, 6) is 1.03. The zero-order valence-electron chi connectivity index (χ0n) is 15.6. The molecule has 0 spiro atoms. The molecule has 28 heavy (non-hydrogen) atoms. The van der Waals surface area contributed by atoms with E-state index in [1.807, 2.05) is 6.26 Å². The third kappa shape index (κ3) is 3.34. The van der Waals surface area contributed by atoms with Gasteiger partial charge in [-0.2, -0.15) is 0 Å². The van der Waals surface area contributed by atoms with Crippen LogP contribution in [-0.2, 0) is 11.2 Å². The molecule has 2 aliphatic rings. The Hall–Kier alpha value is -2.22. The smallest absolute Gasteiger partial charge is 0.174 e. The Morgan fingerprint density at radius 2 is 2.00 bits per heavy atom. The van der Waals surface area contributed by atoms with Gasteiger partial charge in [0.15, 0.2) is 4.34 Å². The number of aromatic nitrogens is 3. The molecule has 7 heteroatoms. The van der Waals surface area contributed by atoms with E-state index < -0.39 is 0 Å². The molecule has 0 unspecified atom stereocenters. The predicted octanol–water partition coefficient (Wildman–Crippen LogP) is 4.15. The van der Waals surface area contributed by atoms with Crippen LogP contribution >= 0.6 is 23.1 Å². The largest absolute Gasteiger partial charge is 0.378 e. The normalized spacial score (nSPS) is 16.2. The minimum atomic E-state index is 0.765. The highest BCUT2D eigenvalue weighted by Gasteiger charge is 2.20. The summed E-state index contributed by atoms with van der Waals surface area (Å²) in [4.78, 5) is 7.27. The molecule has 1 aliphatic heterocycles. The molecule has 5 nitrogen and oxygen atoms in total. The standard InChI is InChI=1S/C21H20N4OS2/c1-27-21-24-23-20(28-21)15-6-5-14-7-8-16(17(14)13-15)18-3-2-4-19(22-18)25-9-11-26-12-10-25/h2-6,8,13H,7,9-12H2,1H3. The van der Waals surface area contributed by atoms with Gasteiger partial charge in [-0.25, -0.2) is 4.98 Å². The fourth-order valence-corrected chi connectivity index (χ4v) is 4.92. The summed E-state index contributed by atoms with van der Waals surface area (Å²) in [5.41, 5.74) is 5.95. The van der Waals surface area contributed by atoms with Gasteiger partial charge in [0.2, 0.25) is 0 Å². The van der Waals surface area contributed by atoms with E-state index in [9.17, 15) is 0 Å². The monoisotopic (exact) mass is 408 g/mol. The van der Waals surface area contributed by atoms with Gasteiger partial charge in [0.1, 0.15) is 10.8 Å². The molecule has 1 aromatic carbocycles. The van der Waals surface area contributed by atoms with E-state index in [1.54, 1.807) is 23.1 Å². The third-order valence-corrected chi connectivity index (χ3v) is 7.05. The highest BCUT2D eigenvalue weighted by Crippen LogP contribution is 2.37. The summed E-state index contributed by atoms with van der Waals surface area (Å²) in [6.07, 6.45) is 5.26. The number of anilines is 1. The molecule has 0 saturated carbocycles. The Balaban J connectivity index is 1.48. The van der Waals surface area contributed by atoms with Gasteiger partial charge in [-0.15, -0.1) is 10.2 Å². The second kappa shape index (κ2) is 7.66. The van der Waals surface area contributed by atoms with Gasteiger partial charge in [-0.3, -0.25) is 0 Å². The van der Waals surface area contributed by atoms with Crippen molar-refractivity contribution in [1.29, 1.82) is 0 Å². The number of nitrogens with zero attached hydrogens (tertiary/aromatic N) is 4. The summed E-state index contributed by atoms with van der Waals surface area (Å²) in [5, 5.41) is 9.55. The highest BCUT2D eigenvalue weighted by molar-refractivity contribution is 8.00. The molecule has 0 N–H and O–H groups in total. The van der Waals surface area contributed by atoms with Crippen molar-refractivity contribution < 1.29 is 4.74 Å². The molecule has 2 aromatic heterocycles. The molecule has 0 atom stereocenters. The second-order valence-corrected chi connectivity index (χ2v) is 8.78. The molecule has 0 radical (unpaired) electrons. The number of fused-ring (bicyclic) bond motifs is 1. The van der Waals surface area contributed by atoms with Crippen molar-refractivity contribution in [2.75, 3.05) is 37.5 Å². The Bertz CT molecular complexity index is 1040. The zero-order chi connectivity index (χ0) is 18.9. The Morgan fingerprint density at radius 1 is 1.11 bits per heavy atom. The fraction of sp³-hybridized carbons (Fsp3) is 0.286. The molecule has 1 aliphatic carbocycles. The Kier molecular flexibility index (Phi) is 4.88. The van der Waals surface area contributed by atoms with Gasteiger partial charge in [0.25, 0.3) is 0 Å². The lowest BCUT2D eigenvalue weighted by molar-refractivity contribution is 0.122. The third-order valence-electron chi connectivity index (χ3n) is 5.10. The van der Waals surface area contributed by atoms with E-state index in [0.29, 0.717) is 0 Å². The van der Waals surface area contributed by atoms with Crippen molar-refractivity contribution in [2.24, 2.45) is 0 Å². The van der Waals surface area contributed by atoms with Crippen LogP contribution in [0.1, 0.15) is 16.8 Å². The summed E-state index contributed by atoms with van der Waals surface area (Å²) in [7, 11) is 0. The minimum absolute atomic E-state index is 0.765. The van der Waals surface area contributed by atoms with E-state index in [-0.39, 0.29) is 0 Å². The second-order valence-electron chi connectivity index (χ2n) is 6.75. The summed E-state index contributed by atoms with van der Waals surface area (Å²) in [6.45, 7) is 3.32. The minimum Gasteiger partial charge on any atom is -0.378 e. The van der Waals surface area contributed by atoms with Crippen LogP contribution in [0.2, 0.25) is 0 Å². The fourth-order valence-electron chi connectivity index (χ4n) is 3.65. The number of hydrogen-bond donors (Lipinski definition) is 0. The number of hydrogen-bond acceptors (Lipinski definition) is 7. The zero-order valence-corrected chi connectivity index (χ0v) is 17.2. The quantitative estimate of drug-likeness (QED) is 0.605. The van der Waals surface area contributed by atoms with Crippen LogP contribution in [0.3, 0.4) is 0 Å². The summed E-state index contributed by atoms with van der Waals surface area (Å²) in [6, 6.07) is 12.9. The van der Waals surface area contributed by atoms with E-state index in [0.717, 1.165) is 59.1 Å². The lowest BCUT2D eigenvalue weighted by atomic mass is 10.0. The first kappa shape index (κ1) is 17.8. The van der Waals surface area contributed by atoms with Gasteiger partial charge >= 0.3 is 0 Å². The Labute approximate surface area is 172 Å². The SMILES string of the molecule is CSc1nnc(-c2ccc3c(c2)C(c2cccc(N4CCOCC4)n2)=CC3)s1. The number of morpholine rings is 1. The molecule has 3 aromatic rings. The first-order valence-corrected chi connectivity index (χ1v) is 11.4. The van der Waals surface area contributed by atoms with Crippen LogP contribution in [0.5, 0.6) is 0 Å². The van der Waals surface area contributed by atoms with Crippen molar-refractivity contribution >= 4 is 34.5 Å². The van der Waals surface area contributed by atoms with Crippen molar-refractivity contribution in [2.45, 2.75) is 10.8 Å². The molecule has 0 bridgehead atoms. The van der Waals surface area contributed by atoms with E-state index in [2.05, 4.69) is 57.6 Å². The van der Waals surface area contributed by atoms with Gasteiger partial charge in [-0.1, -0.05) is 47.4 Å². The van der Waals surface area contributed by atoms with Crippen LogP contribution < -0.4 is 4.90 Å². The number of pyridine rings is 1. The molecule has 3 heterocycles. The predicted molar refractivity (Wildman–Crippen MR) is 115 cm³/mol. The maximum atomic E-state index is 5.47. The maximum absolute atomic E-state index is 5.47. The average molecular weight is 409 g/mol. The number of allylic oxidation sites excluding steroid dienone is 1. The highest BCUT2D eigenvalue weighted by atomic mass is 32.2. The van der Waals surface area contributed by atoms with Crippen LogP contribution in [0, 0.1) is 0 Å². The number of thioether (sulfide) groups is 1. The lowest BCUT2D eigenvalue weighted by Gasteiger charge is -2.28. The van der Waals surface area contributed by atoms with E-state index in [4.69, 9.17) is 9.72 Å². The van der Waals surface area contributed by atoms with Crippen molar-refractivity contribution in [3.8, 4) is 10.6 Å². The molecule has 142 valence electrons. The van der Waals surface area contributed by atoms with Gasteiger partial charge in [-0.05, 0) is 42.0 Å². The van der Waals surface area contributed by atoms with Crippen LogP contribution in [0.4, 0.5) is 5.82 Å². The van der Waals surface area contributed by atoms with E-state index >= 15 is 0 Å². The summed E-state index contributed by atoms with van der Waals surface area (Å²) < 4.78 is 6.46. The lowest BCUT2D eigenvalue weighted by Crippen LogP contribution is -2.36. The average Bonchev–Trinajstić information content (AvgIpc) is 3.41. The van der Waals surface area contributed by atoms with Crippen molar-refractivity contribution in [3.63, 3.8) is 0 Å². The van der Waals surface area contributed by atoms with Gasteiger partial charge in [0, 0.05) is 24.2 Å². The summed E-state index contributed by atoms with van der Waals surface area (Å²) >= 11 is 3.27. The number of rotatable bonds is 4. The first-order valence-electron chi connectivity index (χ1n) is 9.33. The molecular weight excluding hydrogens is 388 g/mol. The number of benzene rings is 1. The Morgan fingerprint density at radius 3 is 2.82 bits per heavy atom. The van der Waals surface area contributed by atoms with E-state index in [1.165, 1.54) is 16.7 Å². The van der Waals surface area contributed by atoms with Crippen LogP contribution in [0.15, 0.2) is 46.8 Å². The molecule has 0 amide bonds. The molecule has 1 fully saturated rings. The maximum Gasteiger partial charge on any atom is 0.174 e. The van der Waals surface area contributed by atoms with Crippen molar-refractivity contribution in [1.82, 2.24) is 15.2 Å².